The molecule has 0 radical (unpaired) electrons. The summed E-state index contributed by atoms with van der Waals surface area (Å²) in [5.74, 6) is -0.580. The Morgan fingerprint density at radius 2 is 2.05 bits per heavy atom. The van der Waals surface area contributed by atoms with Crippen LogP contribution < -0.4 is 5.56 Å². The van der Waals surface area contributed by atoms with Crippen LogP contribution in [0.2, 0.25) is 0 Å². The summed E-state index contributed by atoms with van der Waals surface area (Å²) in [6, 6.07) is 6.25. The normalized spacial score (nSPS) is 10.3. The number of aromatic hydroxyl groups is 1. The molecular weight excluding hydrogens is 270 g/mol. The molecule has 0 aliphatic rings. The van der Waals surface area contributed by atoms with Crippen LogP contribution in [-0.2, 0) is 6.42 Å². The fraction of sp³-hybridized carbons (Fsp3) is 0.267. The van der Waals surface area contributed by atoms with Crippen molar-refractivity contribution in [2.75, 3.05) is 13.1 Å². The fourth-order valence-corrected chi connectivity index (χ4v) is 2.05. The summed E-state index contributed by atoms with van der Waals surface area (Å²) >= 11 is 0. The third-order valence-corrected chi connectivity index (χ3v) is 3.17. The number of carbonyl (C=O) groups excluding carboxylic acids is 1. The maximum absolute atomic E-state index is 12.4. The first-order chi connectivity index (χ1) is 10.1. The van der Waals surface area contributed by atoms with Crippen molar-refractivity contribution in [2.24, 2.45) is 0 Å². The Morgan fingerprint density at radius 1 is 1.33 bits per heavy atom. The van der Waals surface area contributed by atoms with E-state index in [1.807, 2.05) is 19.1 Å². The SMILES string of the molecule is CCN(CCc1ccncc1)C(=O)c1cc(O)[nH]c(=O)c1. The van der Waals surface area contributed by atoms with Gasteiger partial charge in [-0.2, -0.15) is 0 Å². The number of carbonyl (C=O) groups is 1. The highest BCUT2D eigenvalue weighted by atomic mass is 16.3. The number of nitrogens with zero attached hydrogens (tertiary/aromatic N) is 2. The molecule has 2 rings (SSSR count). The zero-order valence-electron chi connectivity index (χ0n) is 11.7. The van der Waals surface area contributed by atoms with Gasteiger partial charge in [0.1, 0.15) is 0 Å². The van der Waals surface area contributed by atoms with E-state index in [4.69, 9.17) is 0 Å². The van der Waals surface area contributed by atoms with E-state index in [1.54, 1.807) is 17.3 Å². The van der Waals surface area contributed by atoms with Gasteiger partial charge in [0.15, 0.2) is 5.88 Å². The first-order valence-corrected chi connectivity index (χ1v) is 6.71. The maximum atomic E-state index is 12.4. The molecule has 2 aromatic heterocycles. The number of hydrogen-bond donors (Lipinski definition) is 2. The number of aromatic nitrogens is 2. The smallest absolute Gasteiger partial charge is 0.254 e. The Hall–Kier alpha value is -2.63. The Morgan fingerprint density at radius 3 is 2.67 bits per heavy atom. The van der Waals surface area contributed by atoms with Crippen molar-refractivity contribution in [2.45, 2.75) is 13.3 Å². The molecule has 2 heterocycles. The first kappa shape index (κ1) is 14.8. The van der Waals surface area contributed by atoms with E-state index in [-0.39, 0.29) is 17.4 Å². The van der Waals surface area contributed by atoms with Crippen molar-refractivity contribution in [3.8, 4) is 5.88 Å². The van der Waals surface area contributed by atoms with Crippen molar-refractivity contribution in [3.63, 3.8) is 0 Å². The minimum Gasteiger partial charge on any atom is -0.494 e. The summed E-state index contributed by atoms with van der Waals surface area (Å²) in [7, 11) is 0. The summed E-state index contributed by atoms with van der Waals surface area (Å²) in [6.07, 6.45) is 4.13. The van der Waals surface area contributed by atoms with Crippen LogP contribution >= 0.6 is 0 Å². The molecule has 0 saturated heterocycles. The van der Waals surface area contributed by atoms with Crippen molar-refractivity contribution >= 4 is 5.91 Å². The van der Waals surface area contributed by atoms with E-state index >= 15 is 0 Å². The second kappa shape index (κ2) is 6.69. The van der Waals surface area contributed by atoms with Gasteiger partial charge < -0.3 is 10.0 Å². The molecule has 6 heteroatoms. The summed E-state index contributed by atoms with van der Waals surface area (Å²) in [5.41, 5.74) is 0.779. The Kier molecular flexibility index (Phi) is 4.71. The lowest BCUT2D eigenvalue weighted by atomic mass is 10.1. The molecule has 0 aliphatic carbocycles. The summed E-state index contributed by atoms with van der Waals surface area (Å²) in [5, 5.41) is 9.37. The zero-order chi connectivity index (χ0) is 15.2. The third kappa shape index (κ3) is 3.92. The van der Waals surface area contributed by atoms with Crippen molar-refractivity contribution in [3.05, 3.63) is 58.1 Å². The predicted molar refractivity (Wildman–Crippen MR) is 78.2 cm³/mol. The van der Waals surface area contributed by atoms with Gasteiger partial charge in [0.05, 0.1) is 5.56 Å². The monoisotopic (exact) mass is 287 g/mol. The predicted octanol–water partition coefficient (Wildman–Crippen LogP) is 1.18. The highest BCUT2D eigenvalue weighted by Gasteiger charge is 2.15. The van der Waals surface area contributed by atoms with Crippen molar-refractivity contribution in [1.29, 1.82) is 0 Å². The average molecular weight is 287 g/mol. The molecule has 0 unspecified atom stereocenters. The van der Waals surface area contributed by atoms with Crippen LogP contribution in [0.15, 0.2) is 41.5 Å². The summed E-state index contributed by atoms with van der Waals surface area (Å²) < 4.78 is 0. The van der Waals surface area contributed by atoms with Crippen LogP contribution in [0, 0.1) is 0 Å². The average Bonchev–Trinajstić information content (AvgIpc) is 2.47. The number of likely N-dealkylation sites (N-methyl/N-ethyl adjacent to an activating group) is 1. The van der Waals surface area contributed by atoms with Gasteiger partial charge in [-0.15, -0.1) is 0 Å². The first-order valence-electron chi connectivity index (χ1n) is 6.71. The molecule has 0 aromatic carbocycles. The van der Waals surface area contributed by atoms with Crippen LogP contribution in [0.25, 0.3) is 0 Å². The Balaban J connectivity index is 2.09. The molecular formula is C15H17N3O3. The van der Waals surface area contributed by atoms with Crippen LogP contribution in [0.5, 0.6) is 5.88 Å². The van der Waals surface area contributed by atoms with E-state index in [1.165, 1.54) is 12.1 Å². The van der Waals surface area contributed by atoms with Crippen LogP contribution in [-0.4, -0.2) is 39.0 Å². The van der Waals surface area contributed by atoms with E-state index in [9.17, 15) is 14.7 Å². The van der Waals surface area contributed by atoms with E-state index < -0.39 is 5.56 Å². The third-order valence-electron chi connectivity index (χ3n) is 3.17. The quantitative estimate of drug-likeness (QED) is 0.864. The topological polar surface area (TPSA) is 86.3 Å². The lowest BCUT2D eigenvalue weighted by molar-refractivity contribution is 0.0765. The van der Waals surface area contributed by atoms with Crippen molar-refractivity contribution in [1.82, 2.24) is 14.9 Å². The highest BCUT2D eigenvalue weighted by Crippen LogP contribution is 2.09. The fourth-order valence-electron chi connectivity index (χ4n) is 2.05. The lowest BCUT2D eigenvalue weighted by Crippen LogP contribution is -2.33. The number of rotatable bonds is 5. The lowest BCUT2D eigenvalue weighted by Gasteiger charge is -2.20. The molecule has 6 nitrogen and oxygen atoms in total. The molecule has 0 bridgehead atoms. The van der Waals surface area contributed by atoms with Crippen LogP contribution in [0.1, 0.15) is 22.8 Å². The molecule has 1 amide bonds. The van der Waals surface area contributed by atoms with Gasteiger partial charge in [0.2, 0.25) is 0 Å². The number of aromatic amines is 1. The van der Waals surface area contributed by atoms with Gasteiger partial charge in [0, 0.05) is 37.6 Å². The van der Waals surface area contributed by atoms with Gasteiger partial charge in [-0.3, -0.25) is 19.6 Å². The van der Waals surface area contributed by atoms with Gasteiger partial charge in [-0.25, -0.2) is 0 Å². The summed E-state index contributed by atoms with van der Waals surface area (Å²) in [6.45, 7) is 2.93. The van der Waals surface area contributed by atoms with Gasteiger partial charge in [-0.05, 0) is 31.0 Å². The van der Waals surface area contributed by atoms with E-state index in [0.29, 0.717) is 19.5 Å². The van der Waals surface area contributed by atoms with Crippen molar-refractivity contribution < 1.29 is 9.90 Å². The molecule has 0 fully saturated rings. The Labute approximate surface area is 122 Å². The number of hydrogen-bond acceptors (Lipinski definition) is 4. The maximum Gasteiger partial charge on any atom is 0.254 e. The largest absolute Gasteiger partial charge is 0.494 e. The molecule has 2 N–H and O–H groups in total. The van der Waals surface area contributed by atoms with E-state index in [2.05, 4.69) is 9.97 Å². The molecule has 21 heavy (non-hydrogen) atoms. The minimum absolute atomic E-state index is 0.188. The molecule has 2 aromatic rings. The number of pyridine rings is 2. The van der Waals surface area contributed by atoms with Gasteiger partial charge in [0.25, 0.3) is 11.5 Å². The second-order valence-electron chi connectivity index (χ2n) is 4.61. The Bertz CT molecular complexity index is 667. The van der Waals surface area contributed by atoms with Gasteiger partial charge >= 0.3 is 0 Å². The standard InChI is InChI=1S/C15H17N3O3/c1-2-18(8-5-11-3-6-16-7-4-11)15(21)12-9-13(19)17-14(20)10-12/h3-4,6-7,9-10H,2,5,8H2,1H3,(H2,17,19,20). The van der Waals surface area contributed by atoms with Gasteiger partial charge in [-0.1, -0.05) is 0 Å². The highest BCUT2D eigenvalue weighted by molar-refractivity contribution is 5.94. The molecule has 0 aliphatic heterocycles. The second-order valence-corrected chi connectivity index (χ2v) is 4.61. The molecule has 0 spiro atoms. The number of amides is 1. The van der Waals surface area contributed by atoms with E-state index in [0.717, 1.165) is 5.56 Å². The zero-order valence-corrected chi connectivity index (χ0v) is 11.7. The van der Waals surface area contributed by atoms with Crippen LogP contribution in [0.4, 0.5) is 0 Å². The molecule has 0 saturated carbocycles. The summed E-state index contributed by atoms with van der Waals surface area (Å²) in [4.78, 5) is 31.4. The number of H-pyrrole nitrogens is 1. The number of nitrogens with one attached hydrogen (secondary N) is 1. The minimum atomic E-state index is -0.497. The van der Waals surface area contributed by atoms with Crippen LogP contribution in [0.3, 0.4) is 0 Å². The molecule has 0 atom stereocenters. The molecule has 110 valence electrons.